The number of carbonyl (C=O) groups is 2. The molecule has 1 aliphatic rings. The molecular formula is C23H29N3O5S. The van der Waals surface area contributed by atoms with Crippen molar-refractivity contribution in [2.45, 2.75) is 38.5 Å². The molecular weight excluding hydrogens is 430 g/mol. The first-order chi connectivity index (χ1) is 15.3. The monoisotopic (exact) mass is 459 g/mol. The average Bonchev–Trinajstić information content (AvgIpc) is 3.62. The molecule has 2 amide bonds. The summed E-state index contributed by atoms with van der Waals surface area (Å²) in [7, 11) is -3.69. The van der Waals surface area contributed by atoms with E-state index in [-0.39, 0.29) is 22.4 Å². The Hall–Kier alpha value is -2.91. The summed E-state index contributed by atoms with van der Waals surface area (Å²) in [6.45, 7) is 6.40. The predicted octanol–water partition coefficient (Wildman–Crippen LogP) is 3.72. The van der Waals surface area contributed by atoms with Gasteiger partial charge in [-0.1, -0.05) is 13.8 Å². The molecule has 32 heavy (non-hydrogen) atoms. The van der Waals surface area contributed by atoms with Gasteiger partial charge in [-0.05, 0) is 62.2 Å². The van der Waals surface area contributed by atoms with Gasteiger partial charge in [0, 0.05) is 30.3 Å². The van der Waals surface area contributed by atoms with Gasteiger partial charge in [-0.15, -0.1) is 0 Å². The Morgan fingerprint density at radius 1 is 1.00 bits per heavy atom. The standard InChI is InChI=1S/C23H29N3O5S/c1-4-26(5-2)32(29,30)19-13-14-21(31-6-3)20(15-19)25-23(28)17-9-11-18(12-10-17)24-22(27)16-7-8-16/h9-16H,4-8H2,1-3H3,(H,24,27)(H,25,28). The lowest BCUT2D eigenvalue weighted by Gasteiger charge is -2.20. The number of carbonyl (C=O) groups excluding carboxylic acids is 2. The fraction of sp³-hybridized carbons (Fsp3) is 0.391. The molecule has 0 spiro atoms. The van der Waals surface area contributed by atoms with E-state index >= 15 is 0 Å². The third kappa shape index (κ3) is 5.46. The summed E-state index contributed by atoms with van der Waals surface area (Å²) in [5.74, 6) is 0.0562. The summed E-state index contributed by atoms with van der Waals surface area (Å²) in [5.41, 5.74) is 1.27. The number of rotatable bonds is 10. The number of anilines is 2. The van der Waals surface area contributed by atoms with Crippen LogP contribution in [0.5, 0.6) is 5.75 Å². The molecule has 8 nitrogen and oxygen atoms in total. The molecule has 9 heteroatoms. The summed E-state index contributed by atoms with van der Waals surface area (Å²) in [5, 5.41) is 5.58. The molecule has 0 bridgehead atoms. The second-order valence-corrected chi connectivity index (χ2v) is 9.41. The third-order valence-corrected chi connectivity index (χ3v) is 7.25. The van der Waals surface area contributed by atoms with Crippen LogP contribution in [0, 0.1) is 5.92 Å². The second-order valence-electron chi connectivity index (χ2n) is 7.48. The smallest absolute Gasteiger partial charge is 0.255 e. The van der Waals surface area contributed by atoms with E-state index in [9.17, 15) is 18.0 Å². The number of amides is 2. The minimum absolute atomic E-state index is 0.00483. The number of nitrogens with one attached hydrogen (secondary N) is 2. The van der Waals surface area contributed by atoms with Gasteiger partial charge in [0.15, 0.2) is 0 Å². The van der Waals surface area contributed by atoms with Gasteiger partial charge in [0.1, 0.15) is 5.75 Å². The fourth-order valence-corrected chi connectivity index (χ4v) is 4.74. The summed E-state index contributed by atoms with van der Waals surface area (Å²) in [6, 6.07) is 11.0. The van der Waals surface area contributed by atoms with Crippen molar-refractivity contribution >= 4 is 33.2 Å². The topological polar surface area (TPSA) is 105 Å². The van der Waals surface area contributed by atoms with E-state index in [4.69, 9.17) is 4.74 Å². The number of nitrogens with zero attached hydrogens (tertiary/aromatic N) is 1. The Bertz CT molecular complexity index is 1080. The lowest BCUT2D eigenvalue weighted by Crippen LogP contribution is -2.30. The van der Waals surface area contributed by atoms with Crippen LogP contribution in [-0.4, -0.2) is 44.2 Å². The average molecular weight is 460 g/mol. The Morgan fingerprint density at radius 2 is 1.66 bits per heavy atom. The van der Waals surface area contributed by atoms with Gasteiger partial charge in [-0.3, -0.25) is 9.59 Å². The van der Waals surface area contributed by atoms with Crippen molar-refractivity contribution in [3.63, 3.8) is 0 Å². The van der Waals surface area contributed by atoms with E-state index in [0.717, 1.165) is 12.8 Å². The van der Waals surface area contributed by atoms with Crippen molar-refractivity contribution in [1.82, 2.24) is 4.31 Å². The van der Waals surface area contributed by atoms with Crippen LogP contribution in [0.3, 0.4) is 0 Å². The van der Waals surface area contributed by atoms with Crippen LogP contribution in [0.4, 0.5) is 11.4 Å². The van der Waals surface area contributed by atoms with Gasteiger partial charge < -0.3 is 15.4 Å². The van der Waals surface area contributed by atoms with E-state index in [1.54, 1.807) is 51.1 Å². The van der Waals surface area contributed by atoms with E-state index in [2.05, 4.69) is 10.6 Å². The minimum atomic E-state index is -3.69. The Morgan fingerprint density at radius 3 is 2.22 bits per heavy atom. The molecule has 2 N–H and O–H groups in total. The molecule has 1 saturated carbocycles. The van der Waals surface area contributed by atoms with Gasteiger partial charge in [-0.2, -0.15) is 4.31 Å². The molecule has 0 aliphatic heterocycles. The summed E-state index contributed by atoms with van der Waals surface area (Å²) in [6.07, 6.45) is 1.83. The zero-order valence-electron chi connectivity index (χ0n) is 18.6. The summed E-state index contributed by atoms with van der Waals surface area (Å²) < 4.78 is 32.7. The number of sulfonamides is 1. The lowest BCUT2D eigenvalue weighted by molar-refractivity contribution is -0.117. The van der Waals surface area contributed by atoms with Crippen molar-refractivity contribution < 1.29 is 22.7 Å². The van der Waals surface area contributed by atoms with Crippen molar-refractivity contribution in [1.29, 1.82) is 0 Å². The molecule has 1 fully saturated rings. The maximum Gasteiger partial charge on any atom is 0.255 e. The molecule has 1 aliphatic carbocycles. The first-order valence-electron chi connectivity index (χ1n) is 10.8. The van der Waals surface area contributed by atoms with Gasteiger partial charge in [0.25, 0.3) is 5.91 Å². The summed E-state index contributed by atoms with van der Waals surface area (Å²) in [4.78, 5) is 24.8. The highest BCUT2D eigenvalue weighted by Crippen LogP contribution is 2.31. The molecule has 0 radical (unpaired) electrons. The highest BCUT2D eigenvalue weighted by molar-refractivity contribution is 7.89. The van der Waals surface area contributed by atoms with Gasteiger partial charge in [0.05, 0.1) is 17.2 Å². The normalized spacial score (nSPS) is 13.6. The fourth-order valence-electron chi connectivity index (χ4n) is 3.25. The molecule has 2 aromatic carbocycles. The largest absolute Gasteiger partial charge is 0.492 e. The number of benzene rings is 2. The number of hydrogen-bond acceptors (Lipinski definition) is 5. The third-order valence-electron chi connectivity index (χ3n) is 5.21. The van der Waals surface area contributed by atoms with Gasteiger partial charge >= 0.3 is 0 Å². The van der Waals surface area contributed by atoms with E-state index in [1.165, 1.54) is 16.4 Å². The zero-order chi connectivity index (χ0) is 23.3. The zero-order valence-corrected chi connectivity index (χ0v) is 19.4. The maximum atomic E-state index is 12.9. The number of hydrogen-bond donors (Lipinski definition) is 2. The van der Waals surface area contributed by atoms with Crippen LogP contribution in [0.1, 0.15) is 44.0 Å². The summed E-state index contributed by atoms with van der Waals surface area (Å²) >= 11 is 0. The first-order valence-corrected chi connectivity index (χ1v) is 12.2. The maximum absolute atomic E-state index is 12.9. The first kappa shape index (κ1) is 23.7. The number of ether oxygens (including phenoxy) is 1. The van der Waals surface area contributed by atoms with Crippen LogP contribution in [-0.2, 0) is 14.8 Å². The SMILES string of the molecule is CCOc1ccc(S(=O)(=O)N(CC)CC)cc1NC(=O)c1ccc(NC(=O)C2CC2)cc1. The molecule has 0 saturated heterocycles. The van der Waals surface area contributed by atoms with Crippen LogP contribution in [0.2, 0.25) is 0 Å². The predicted molar refractivity (Wildman–Crippen MR) is 123 cm³/mol. The van der Waals surface area contributed by atoms with Crippen molar-refractivity contribution in [3.8, 4) is 5.75 Å². The van der Waals surface area contributed by atoms with Gasteiger partial charge in [-0.25, -0.2) is 8.42 Å². The van der Waals surface area contributed by atoms with E-state index in [1.807, 2.05) is 0 Å². The van der Waals surface area contributed by atoms with Crippen molar-refractivity contribution in [3.05, 3.63) is 48.0 Å². The molecule has 0 aromatic heterocycles. The molecule has 3 rings (SSSR count). The molecule has 172 valence electrons. The van der Waals surface area contributed by atoms with Crippen LogP contribution in [0.25, 0.3) is 0 Å². The van der Waals surface area contributed by atoms with Gasteiger partial charge in [0.2, 0.25) is 15.9 Å². The Kier molecular flexibility index (Phi) is 7.52. The quantitative estimate of drug-likeness (QED) is 0.563. The van der Waals surface area contributed by atoms with Crippen LogP contribution >= 0.6 is 0 Å². The van der Waals surface area contributed by atoms with Crippen LogP contribution < -0.4 is 15.4 Å². The van der Waals surface area contributed by atoms with Crippen LogP contribution in [0.15, 0.2) is 47.4 Å². The molecule has 0 unspecified atom stereocenters. The van der Waals surface area contributed by atoms with Crippen molar-refractivity contribution in [2.24, 2.45) is 5.92 Å². The Labute approximate surface area is 189 Å². The van der Waals surface area contributed by atoms with Crippen molar-refractivity contribution in [2.75, 3.05) is 30.3 Å². The minimum Gasteiger partial charge on any atom is -0.492 e. The molecule has 0 atom stereocenters. The molecule has 2 aromatic rings. The highest BCUT2D eigenvalue weighted by Gasteiger charge is 2.29. The lowest BCUT2D eigenvalue weighted by atomic mass is 10.2. The highest BCUT2D eigenvalue weighted by atomic mass is 32.2. The van der Waals surface area contributed by atoms with E-state index < -0.39 is 15.9 Å². The molecule has 0 heterocycles. The Balaban J connectivity index is 1.81. The second kappa shape index (κ2) is 10.1. The van der Waals surface area contributed by atoms with E-state index in [0.29, 0.717) is 36.7 Å².